The second-order valence-corrected chi connectivity index (χ2v) is 7.41. The van der Waals surface area contributed by atoms with Gasteiger partial charge in [-0.1, -0.05) is 49.6 Å². The Labute approximate surface area is 150 Å². The lowest BCUT2D eigenvalue weighted by atomic mass is 9.96. The van der Waals surface area contributed by atoms with Crippen molar-refractivity contribution in [2.24, 2.45) is 0 Å². The van der Waals surface area contributed by atoms with Crippen molar-refractivity contribution in [2.75, 3.05) is 13.1 Å². The Hall–Kier alpha value is -2.04. The van der Waals surface area contributed by atoms with Crippen LogP contribution in [0.3, 0.4) is 0 Å². The van der Waals surface area contributed by atoms with Crippen LogP contribution in [0.5, 0.6) is 0 Å². The number of amides is 3. The molecule has 0 aromatic heterocycles. The molecule has 1 aromatic rings. The number of urea groups is 1. The SMILES string of the molecule is O=C(CCNC(=O)NC1CCCCC1)NCC1(c2ccccc2)CC1. The molecular formula is C20H29N3O2. The lowest BCUT2D eigenvalue weighted by molar-refractivity contribution is -0.121. The van der Waals surface area contributed by atoms with E-state index in [0.717, 1.165) is 25.7 Å². The van der Waals surface area contributed by atoms with Gasteiger partial charge in [0.15, 0.2) is 0 Å². The van der Waals surface area contributed by atoms with Crippen molar-refractivity contribution in [1.29, 1.82) is 0 Å². The summed E-state index contributed by atoms with van der Waals surface area (Å²) in [5.74, 6) is 0.000160. The molecule has 0 aliphatic heterocycles. The number of hydrogen-bond donors (Lipinski definition) is 3. The first-order valence-corrected chi connectivity index (χ1v) is 9.55. The fraction of sp³-hybridized carbons (Fsp3) is 0.600. The minimum atomic E-state index is -0.150. The van der Waals surface area contributed by atoms with Crippen molar-refractivity contribution in [1.82, 2.24) is 16.0 Å². The molecule has 0 saturated heterocycles. The summed E-state index contributed by atoms with van der Waals surface area (Å²) >= 11 is 0. The van der Waals surface area contributed by atoms with Crippen LogP contribution in [-0.2, 0) is 10.2 Å². The third-order valence-corrected chi connectivity index (χ3v) is 5.44. The maximum atomic E-state index is 12.0. The molecule has 136 valence electrons. The maximum Gasteiger partial charge on any atom is 0.315 e. The fourth-order valence-electron chi connectivity index (χ4n) is 3.64. The number of benzene rings is 1. The van der Waals surface area contributed by atoms with Gasteiger partial charge >= 0.3 is 6.03 Å². The molecule has 1 aromatic carbocycles. The summed E-state index contributed by atoms with van der Waals surface area (Å²) in [5.41, 5.74) is 1.43. The maximum absolute atomic E-state index is 12.0. The second kappa shape index (κ2) is 8.37. The average Bonchev–Trinajstić information content (AvgIpc) is 3.43. The Morgan fingerprint density at radius 1 is 1.00 bits per heavy atom. The standard InChI is InChI=1S/C20H29N3O2/c24-18(11-14-21-19(25)23-17-9-5-2-6-10-17)22-15-20(12-13-20)16-7-3-1-4-8-16/h1,3-4,7-8,17H,2,5-6,9-15H2,(H,22,24)(H2,21,23,25). The molecule has 0 atom stereocenters. The van der Waals surface area contributed by atoms with Crippen LogP contribution < -0.4 is 16.0 Å². The molecule has 5 nitrogen and oxygen atoms in total. The van der Waals surface area contributed by atoms with Crippen LogP contribution in [-0.4, -0.2) is 31.1 Å². The molecule has 0 unspecified atom stereocenters. The third kappa shape index (κ3) is 5.21. The highest BCUT2D eigenvalue weighted by atomic mass is 16.2. The zero-order valence-corrected chi connectivity index (χ0v) is 14.9. The van der Waals surface area contributed by atoms with Gasteiger partial charge < -0.3 is 16.0 Å². The lowest BCUT2D eigenvalue weighted by Gasteiger charge is -2.22. The first-order valence-electron chi connectivity index (χ1n) is 9.55. The molecule has 2 aliphatic rings. The van der Waals surface area contributed by atoms with Crippen molar-refractivity contribution in [2.45, 2.75) is 62.8 Å². The van der Waals surface area contributed by atoms with Crippen molar-refractivity contribution < 1.29 is 9.59 Å². The Kier molecular flexibility index (Phi) is 5.95. The van der Waals surface area contributed by atoms with Crippen molar-refractivity contribution in [3.05, 3.63) is 35.9 Å². The van der Waals surface area contributed by atoms with Gasteiger partial charge in [-0.15, -0.1) is 0 Å². The van der Waals surface area contributed by atoms with Gasteiger partial charge in [-0.3, -0.25) is 4.79 Å². The van der Waals surface area contributed by atoms with Crippen LogP contribution in [0.1, 0.15) is 56.9 Å². The molecule has 0 heterocycles. The second-order valence-electron chi connectivity index (χ2n) is 7.41. The summed E-state index contributed by atoms with van der Waals surface area (Å²) in [4.78, 5) is 23.9. The van der Waals surface area contributed by atoms with E-state index in [1.54, 1.807) is 0 Å². The van der Waals surface area contributed by atoms with Crippen LogP contribution in [0.25, 0.3) is 0 Å². The molecule has 2 fully saturated rings. The van der Waals surface area contributed by atoms with Gasteiger partial charge in [-0.05, 0) is 31.2 Å². The molecule has 3 amide bonds. The first kappa shape index (κ1) is 17.8. The van der Waals surface area contributed by atoms with E-state index < -0.39 is 0 Å². The number of hydrogen-bond acceptors (Lipinski definition) is 2. The van der Waals surface area contributed by atoms with E-state index in [4.69, 9.17) is 0 Å². The Bertz CT molecular complexity index is 578. The van der Waals surface area contributed by atoms with Crippen LogP contribution in [0.2, 0.25) is 0 Å². The van der Waals surface area contributed by atoms with Gasteiger partial charge in [-0.25, -0.2) is 4.79 Å². The first-order chi connectivity index (χ1) is 12.2. The Morgan fingerprint density at radius 2 is 1.72 bits per heavy atom. The molecule has 5 heteroatoms. The highest BCUT2D eigenvalue weighted by Crippen LogP contribution is 2.47. The zero-order chi connectivity index (χ0) is 17.5. The van der Waals surface area contributed by atoms with Crippen molar-refractivity contribution in [3.8, 4) is 0 Å². The van der Waals surface area contributed by atoms with Gasteiger partial charge in [0, 0.05) is 31.0 Å². The smallest absolute Gasteiger partial charge is 0.315 e. The number of carbonyl (C=O) groups is 2. The Balaban J connectivity index is 1.31. The van der Waals surface area contributed by atoms with E-state index in [1.807, 2.05) is 18.2 Å². The van der Waals surface area contributed by atoms with Crippen molar-refractivity contribution in [3.63, 3.8) is 0 Å². The van der Waals surface area contributed by atoms with E-state index in [-0.39, 0.29) is 17.4 Å². The summed E-state index contributed by atoms with van der Waals surface area (Å²) in [6.07, 6.45) is 8.35. The molecule has 2 aliphatic carbocycles. The van der Waals surface area contributed by atoms with Crippen LogP contribution in [0.4, 0.5) is 4.79 Å². The van der Waals surface area contributed by atoms with Crippen molar-refractivity contribution >= 4 is 11.9 Å². The summed E-state index contributed by atoms with van der Waals surface area (Å²) in [7, 11) is 0. The Morgan fingerprint density at radius 3 is 2.40 bits per heavy atom. The minimum Gasteiger partial charge on any atom is -0.355 e. The van der Waals surface area contributed by atoms with Crippen LogP contribution in [0.15, 0.2) is 30.3 Å². The van der Waals surface area contributed by atoms with Gasteiger partial charge in [0.1, 0.15) is 0 Å². The summed E-state index contributed by atoms with van der Waals surface area (Å²) in [6.45, 7) is 1.06. The number of carbonyl (C=O) groups excluding carboxylic acids is 2. The lowest BCUT2D eigenvalue weighted by Crippen LogP contribution is -2.44. The summed E-state index contributed by atoms with van der Waals surface area (Å²) in [6, 6.07) is 10.5. The van der Waals surface area contributed by atoms with Gasteiger partial charge in [0.25, 0.3) is 0 Å². The van der Waals surface area contributed by atoms with E-state index in [2.05, 4.69) is 28.1 Å². The number of nitrogens with one attached hydrogen (secondary N) is 3. The summed E-state index contributed by atoms with van der Waals surface area (Å²) in [5, 5.41) is 8.82. The molecule has 3 N–H and O–H groups in total. The van der Waals surface area contributed by atoms with E-state index in [0.29, 0.717) is 25.6 Å². The largest absolute Gasteiger partial charge is 0.355 e. The fourth-order valence-corrected chi connectivity index (χ4v) is 3.64. The van der Waals surface area contributed by atoms with Gasteiger partial charge in [0.05, 0.1) is 0 Å². The van der Waals surface area contributed by atoms with E-state index in [1.165, 1.54) is 24.8 Å². The van der Waals surface area contributed by atoms with E-state index >= 15 is 0 Å². The number of rotatable bonds is 7. The average molecular weight is 343 g/mol. The highest BCUT2D eigenvalue weighted by molar-refractivity contribution is 5.78. The topological polar surface area (TPSA) is 70.2 Å². The monoisotopic (exact) mass is 343 g/mol. The molecule has 3 rings (SSSR count). The summed E-state index contributed by atoms with van der Waals surface area (Å²) < 4.78 is 0. The predicted molar refractivity (Wildman–Crippen MR) is 98.4 cm³/mol. The minimum absolute atomic E-state index is 0.000160. The highest BCUT2D eigenvalue weighted by Gasteiger charge is 2.44. The molecule has 0 radical (unpaired) electrons. The molecular weight excluding hydrogens is 314 g/mol. The normalized spacial score (nSPS) is 19.0. The van der Waals surface area contributed by atoms with Gasteiger partial charge in [0.2, 0.25) is 5.91 Å². The molecule has 2 saturated carbocycles. The van der Waals surface area contributed by atoms with E-state index in [9.17, 15) is 9.59 Å². The molecule has 0 spiro atoms. The molecule has 25 heavy (non-hydrogen) atoms. The molecule has 0 bridgehead atoms. The van der Waals surface area contributed by atoms with Crippen LogP contribution >= 0.6 is 0 Å². The third-order valence-electron chi connectivity index (χ3n) is 5.44. The predicted octanol–water partition coefficient (Wildman–Crippen LogP) is 2.86. The quantitative estimate of drug-likeness (QED) is 0.712. The zero-order valence-electron chi connectivity index (χ0n) is 14.9. The van der Waals surface area contributed by atoms with Gasteiger partial charge in [-0.2, -0.15) is 0 Å². The van der Waals surface area contributed by atoms with Crippen LogP contribution in [0, 0.1) is 0 Å².